The average Bonchev–Trinajstić information content (AvgIpc) is 2.24. The smallest absolute Gasteiger partial charge is 0.491 e. The molecule has 0 aliphatic heterocycles. The van der Waals surface area contributed by atoms with Gasteiger partial charge in [0.05, 0.1) is 6.61 Å². The Kier molecular flexibility index (Phi) is 4.92. The van der Waals surface area contributed by atoms with Crippen molar-refractivity contribution in [2.75, 3.05) is 13.2 Å². The minimum atomic E-state index is -4.68. The van der Waals surface area contributed by atoms with E-state index in [0.29, 0.717) is 5.56 Å². The number of ether oxygens (including phenoxy) is 2. The second kappa shape index (κ2) is 6.01. The zero-order valence-electron chi connectivity index (χ0n) is 9.63. The summed E-state index contributed by atoms with van der Waals surface area (Å²) in [4.78, 5) is 0. The number of hydrogen-bond donors (Lipinski definition) is 1. The minimum absolute atomic E-state index is 0.247. The molecule has 2 N–H and O–H groups in total. The van der Waals surface area contributed by atoms with Crippen molar-refractivity contribution in [3.8, 4) is 5.75 Å². The van der Waals surface area contributed by atoms with E-state index >= 15 is 0 Å². The van der Waals surface area contributed by atoms with Gasteiger partial charge in [0, 0.05) is 11.6 Å². The van der Waals surface area contributed by atoms with Gasteiger partial charge in [0.15, 0.2) is 0 Å². The first-order valence-electron chi connectivity index (χ1n) is 5.18. The molecule has 0 aromatic heterocycles. The third-order valence-corrected chi connectivity index (χ3v) is 2.07. The highest BCUT2D eigenvalue weighted by atomic mass is 19.4. The Labute approximate surface area is 101 Å². The van der Waals surface area contributed by atoms with Crippen LogP contribution in [0.5, 0.6) is 5.75 Å². The number of alkyl halides is 3. The van der Waals surface area contributed by atoms with E-state index in [4.69, 9.17) is 10.5 Å². The van der Waals surface area contributed by atoms with E-state index in [-0.39, 0.29) is 12.4 Å². The molecule has 18 heavy (non-hydrogen) atoms. The van der Waals surface area contributed by atoms with Gasteiger partial charge < -0.3 is 10.5 Å². The van der Waals surface area contributed by atoms with Crippen LogP contribution in [0.15, 0.2) is 18.2 Å². The highest BCUT2D eigenvalue weighted by Gasteiger charge is 2.28. The van der Waals surface area contributed by atoms with Gasteiger partial charge in [0.2, 0.25) is 0 Å². The summed E-state index contributed by atoms with van der Waals surface area (Å²) in [5, 5.41) is 0. The molecule has 0 amide bonds. The quantitative estimate of drug-likeness (QED) is 0.659. The van der Waals surface area contributed by atoms with Crippen molar-refractivity contribution in [3.63, 3.8) is 0 Å². The summed E-state index contributed by atoms with van der Waals surface area (Å²) < 4.78 is 56.7. The molecule has 0 bridgehead atoms. The molecule has 1 aromatic carbocycles. The van der Waals surface area contributed by atoms with Crippen LogP contribution in [-0.4, -0.2) is 19.6 Å². The molecule has 0 fully saturated rings. The van der Waals surface area contributed by atoms with Crippen LogP contribution in [0.4, 0.5) is 17.6 Å². The molecule has 0 saturated carbocycles. The molecule has 1 aromatic rings. The number of benzene rings is 1. The van der Waals surface area contributed by atoms with Crippen LogP contribution in [0.1, 0.15) is 18.5 Å². The summed E-state index contributed by atoms with van der Waals surface area (Å²) in [6, 6.07) is 3.16. The standard InChI is InChI=1S/C11H13F4NO2/c1-7(16)9-6-8(12)2-3-10(9)17-4-5-18-11(13,14)15/h2-3,6-7H,4-5,16H2,1H3/t7-/m1/s1. The second-order valence-corrected chi connectivity index (χ2v) is 3.61. The van der Waals surface area contributed by atoms with E-state index in [1.54, 1.807) is 6.92 Å². The van der Waals surface area contributed by atoms with Crippen LogP contribution in [-0.2, 0) is 4.74 Å². The van der Waals surface area contributed by atoms with Crippen LogP contribution in [0.25, 0.3) is 0 Å². The number of halogens is 4. The fourth-order valence-electron chi connectivity index (χ4n) is 1.32. The van der Waals surface area contributed by atoms with Crippen molar-refractivity contribution in [2.45, 2.75) is 19.3 Å². The zero-order valence-corrected chi connectivity index (χ0v) is 9.63. The van der Waals surface area contributed by atoms with E-state index < -0.39 is 24.8 Å². The lowest BCUT2D eigenvalue weighted by molar-refractivity contribution is -0.325. The van der Waals surface area contributed by atoms with Gasteiger partial charge in [0.25, 0.3) is 0 Å². The van der Waals surface area contributed by atoms with Crippen LogP contribution in [0.2, 0.25) is 0 Å². The van der Waals surface area contributed by atoms with Gasteiger partial charge >= 0.3 is 6.36 Å². The summed E-state index contributed by atoms with van der Waals surface area (Å²) in [7, 11) is 0. The van der Waals surface area contributed by atoms with E-state index in [9.17, 15) is 17.6 Å². The molecular weight excluding hydrogens is 254 g/mol. The molecule has 102 valence electrons. The van der Waals surface area contributed by atoms with Crippen LogP contribution in [0.3, 0.4) is 0 Å². The maximum Gasteiger partial charge on any atom is 0.522 e. The predicted octanol–water partition coefficient (Wildman–Crippen LogP) is 2.76. The molecule has 0 spiro atoms. The Bertz CT molecular complexity index is 393. The summed E-state index contributed by atoms with van der Waals surface area (Å²) in [6.07, 6.45) is -4.68. The van der Waals surface area contributed by atoms with Crippen LogP contribution < -0.4 is 10.5 Å². The van der Waals surface area contributed by atoms with Crippen molar-refractivity contribution in [3.05, 3.63) is 29.6 Å². The van der Waals surface area contributed by atoms with E-state index in [1.807, 2.05) is 0 Å². The van der Waals surface area contributed by atoms with Crippen LogP contribution in [0, 0.1) is 5.82 Å². The third-order valence-electron chi connectivity index (χ3n) is 2.07. The van der Waals surface area contributed by atoms with Gasteiger partial charge in [-0.15, -0.1) is 13.2 Å². The molecular formula is C11H13F4NO2. The van der Waals surface area contributed by atoms with Crippen LogP contribution >= 0.6 is 0 Å². The maximum atomic E-state index is 13.0. The topological polar surface area (TPSA) is 44.5 Å². The van der Waals surface area contributed by atoms with Crippen molar-refractivity contribution in [2.24, 2.45) is 5.73 Å². The molecule has 0 aliphatic carbocycles. The molecule has 3 nitrogen and oxygen atoms in total. The number of nitrogens with two attached hydrogens (primary N) is 1. The summed E-state index contributed by atoms with van der Waals surface area (Å²) in [5.74, 6) is -0.238. The van der Waals surface area contributed by atoms with Gasteiger partial charge in [0.1, 0.15) is 18.2 Å². The second-order valence-electron chi connectivity index (χ2n) is 3.61. The Hall–Kier alpha value is -1.34. The van der Waals surface area contributed by atoms with E-state index in [2.05, 4.69) is 4.74 Å². The highest BCUT2D eigenvalue weighted by molar-refractivity contribution is 5.36. The van der Waals surface area contributed by atoms with Gasteiger partial charge in [-0.2, -0.15) is 0 Å². The first-order valence-corrected chi connectivity index (χ1v) is 5.18. The molecule has 7 heteroatoms. The molecule has 0 radical (unpaired) electrons. The molecule has 1 atom stereocenters. The number of rotatable bonds is 5. The van der Waals surface area contributed by atoms with E-state index in [1.165, 1.54) is 12.1 Å². The summed E-state index contributed by atoms with van der Waals surface area (Å²) in [6.45, 7) is 0.679. The monoisotopic (exact) mass is 267 g/mol. The zero-order chi connectivity index (χ0) is 13.8. The Balaban J connectivity index is 2.57. The summed E-state index contributed by atoms with van der Waals surface area (Å²) in [5.41, 5.74) is 5.99. The van der Waals surface area contributed by atoms with Crippen molar-refractivity contribution < 1.29 is 27.0 Å². The Morgan fingerprint density at radius 1 is 1.28 bits per heavy atom. The predicted molar refractivity (Wildman–Crippen MR) is 56.5 cm³/mol. The molecule has 0 saturated heterocycles. The van der Waals surface area contributed by atoms with Gasteiger partial charge in [-0.3, -0.25) is 4.74 Å². The summed E-state index contributed by atoms with van der Waals surface area (Å²) >= 11 is 0. The highest BCUT2D eigenvalue weighted by Crippen LogP contribution is 2.25. The Morgan fingerprint density at radius 2 is 1.94 bits per heavy atom. The Morgan fingerprint density at radius 3 is 2.50 bits per heavy atom. The van der Waals surface area contributed by atoms with Gasteiger partial charge in [-0.05, 0) is 25.1 Å². The molecule has 0 aliphatic rings. The first-order chi connectivity index (χ1) is 8.29. The SMILES string of the molecule is C[C@@H](N)c1cc(F)ccc1OCCOC(F)(F)F. The van der Waals surface area contributed by atoms with E-state index in [0.717, 1.165) is 6.07 Å². The fourth-order valence-corrected chi connectivity index (χ4v) is 1.32. The van der Waals surface area contributed by atoms with Crippen molar-refractivity contribution in [1.82, 2.24) is 0 Å². The minimum Gasteiger partial charge on any atom is -0.491 e. The lowest BCUT2D eigenvalue weighted by atomic mass is 10.1. The normalized spacial score (nSPS) is 13.4. The molecule has 0 unspecified atom stereocenters. The lowest BCUT2D eigenvalue weighted by Gasteiger charge is -2.14. The van der Waals surface area contributed by atoms with Gasteiger partial charge in [-0.1, -0.05) is 0 Å². The first kappa shape index (κ1) is 14.7. The maximum absolute atomic E-state index is 13.0. The largest absolute Gasteiger partial charge is 0.522 e. The third kappa shape index (κ3) is 4.89. The lowest BCUT2D eigenvalue weighted by Crippen LogP contribution is -2.18. The number of hydrogen-bond acceptors (Lipinski definition) is 3. The van der Waals surface area contributed by atoms with Crippen molar-refractivity contribution in [1.29, 1.82) is 0 Å². The molecule has 1 rings (SSSR count). The molecule has 0 heterocycles. The van der Waals surface area contributed by atoms with Gasteiger partial charge in [-0.25, -0.2) is 4.39 Å². The fraction of sp³-hybridized carbons (Fsp3) is 0.455. The average molecular weight is 267 g/mol. The van der Waals surface area contributed by atoms with Crippen molar-refractivity contribution >= 4 is 0 Å².